The molecule has 15 heavy (non-hydrogen) atoms. The Bertz CT molecular complexity index is 222. The van der Waals surface area contributed by atoms with Gasteiger partial charge in [-0.3, -0.25) is 4.79 Å². The highest BCUT2D eigenvalue weighted by Gasteiger charge is 2.41. The molecule has 1 N–H and O–H groups in total. The van der Waals surface area contributed by atoms with E-state index in [0.717, 1.165) is 13.0 Å². The summed E-state index contributed by atoms with van der Waals surface area (Å²) in [6.45, 7) is 5.53. The number of rotatable bonds is 6. The summed E-state index contributed by atoms with van der Waals surface area (Å²) >= 11 is 0. The van der Waals surface area contributed by atoms with Crippen LogP contribution in [-0.2, 0) is 4.79 Å². The molecule has 3 nitrogen and oxygen atoms in total. The average Bonchev–Trinajstić information content (AvgIpc) is 2.91. The van der Waals surface area contributed by atoms with Gasteiger partial charge < -0.3 is 10.2 Å². The maximum Gasteiger partial charge on any atom is 0.222 e. The summed E-state index contributed by atoms with van der Waals surface area (Å²) in [6.07, 6.45) is 4.29. The summed E-state index contributed by atoms with van der Waals surface area (Å²) in [4.78, 5) is 13.0. The summed E-state index contributed by atoms with van der Waals surface area (Å²) < 4.78 is 0. The number of carbonyl (C=O) groups is 1. The Morgan fingerprint density at radius 3 is 2.53 bits per heavy atom. The van der Waals surface area contributed by atoms with Crippen molar-refractivity contribution in [3.63, 3.8) is 0 Å². The van der Waals surface area contributed by atoms with Crippen molar-refractivity contribution >= 4 is 5.91 Å². The Morgan fingerprint density at radius 2 is 2.07 bits per heavy atom. The highest BCUT2D eigenvalue weighted by molar-refractivity contribution is 5.75. The highest BCUT2D eigenvalue weighted by atomic mass is 16.2. The predicted octanol–water partition coefficient (Wildman–Crippen LogP) is 1.63. The Hall–Kier alpha value is -0.570. The molecule has 3 heteroatoms. The van der Waals surface area contributed by atoms with Crippen LogP contribution in [0.25, 0.3) is 0 Å². The molecule has 88 valence electrons. The lowest BCUT2D eigenvalue weighted by molar-refractivity contribution is -0.128. The first kappa shape index (κ1) is 12.5. The molecular weight excluding hydrogens is 188 g/mol. The molecule has 0 aliphatic heterocycles. The van der Waals surface area contributed by atoms with E-state index in [4.69, 9.17) is 0 Å². The normalized spacial score (nSPS) is 19.7. The van der Waals surface area contributed by atoms with Crippen molar-refractivity contribution in [3.8, 4) is 0 Å². The fourth-order valence-electron chi connectivity index (χ4n) is 1.66. The Kier molecular flexibility index (Phi) is 4.14. The van der Waals surface area contributed by atoms with Gasteiger partial charge in [0, 0.05) is 26.6 Å². The van der Waals surface area contributed by atoms with Crippen LogP contribution in [0.15, 0.2) is 0 Å². The molecule has 1 rings (SSSR count). The van der Waals surface area contributed by atoms with Crippen molar-refractivity contribution in [2.75, 3.05) is 20.6 Å². The van der Waals surface area contributed by atoms with E-state index in [2.05, 4.69) is 19.2 Å². The van der Waals surface area contributed by atoms with Crippen LogP contribution >= 0.6 is 0 Å². The average molecular weight is 212 g/mol. The van der Waals surface area contributed by atoms with Crippen LogP contribution in [0.3, 0.4) is 0 Å². The van der Waals surface area contributed by atoms with Gasteiger partial charge in [0.05, 0.1) is 0 Å². The molecule has 0 radical (unpaired) electrons. The van der Waals surface area contributed by atoms with E-state index >= 15 is 0 Å². The van der Waals surface area contributed by atoms with Crippen LogP contribution in [-0.4, -0.2) is 37.5 Å². The summed E-state index contributed by atoms with van der Waals surface area (Å²) in [5, 5.41) is 3.51. The summed E-state index contributed by atoms with van der Waals surface area (Å²) in [6, 6.07) is 0.590. The molecule has 0 bridgehead atoms. The van der Waals surface area contributed by atoms with Gasteiger partial charge in [-0.25, -0.2) is 0 Å². The zero-order valence-electron chi connectivity index (χ0n) is 10.5. The molecule has 1 unspecified atom stereocenters. The third kappa shape index (κ3) is 3.82. The van der Waals surface area contributed by atoms with Crippen LogP contribution < -0.4 is 5.32 Å². The van der Waals surface area contributed by atoms with Crippen LogP contribution in [0.5, 0.6) is 0 Å². The van der Waals surface area contributed by atoms with E-state index in [0.29, 0.717) is 17.9 Å². The lowest BCUT2D eigenvalue weighted by Crippen LogP contribution is -2.34. The minimum absolute atomic E-state index is 0.224. The molecule has 1 aliphatic carbocycles. The van der Waals surface area contributed by atoms with Crippen LogP contribution in [0.4, 0.5) is 0 Å². The molecule has 0 heterocycles. The van der Waals surface area contributed by atoms with Crippen LogP contribution in [0, 0.1) is 5.41 Å². The summed E-state index contributed by atoms with van der Waals surface area (Å²) in [5.74, 6) is 0.224. The van der Waals surface area contributed by atoms with E-state index in [-0.39, 0.29) is 5.91 Å². The minimum atomic E-state index is 0.224. The molecule has 0 aromatic heterocycles. The fraction of sp³-hybridized carbons (Fsp3) is 0.917. The third-order valence-electron chi connectivity index (χ3n) is 3.60. The maximum atomic E-state index is 11.3. The van der Waals surface area contributed by atoms with Gasteiger partial charge in [0.15, 0.2) is 0 Å². The highest BCUT2D eigenvalue weighted by Crippen LogP contribution is 2.47. The Balaban J connectivity index is 2.04. The molecule has 1 fully saturated rings. The molecule has 0 aromatic rings. The van der Waals surface area contributed by atoms with Crippen molar-refractivity contribution in [3.05, 3.63) is 0 Å². The van der Waals surface area contributed by atoms with Gasteiger partial charge in [-0.1, -0.05) is 6.92 Å². The van der Waals surface area contributed by atoms with Crippen molar-refractivity contribution in [2.24, 2.45) is 5.41 Å². The lowest BCUT2D eigenvalue weighted by atomic mass is 10.0. The number of carbonyl (C=O) groups excluding carboxylic acids is 1. The molecule has 1 amide bonds. The second-order valence-electron chi connectivity index (χ2n) is 5.22. The second-order valence-corrected chi connectivity index (χ2v) is 5.22. The van der Waals surface area contributed by atoms with E-state index in [9.17, 15) is 4.79 Å². The van der Waals surface area contributed by atoms with Gasteiger partial charge in [0.25, 0.3) is 0 Å². The topological polar surface area (TPSA) is 32.3 Å². The number of hydrogen-bond donors (Lipinski definition) is 1. The quantitative estimate of drug-likeness (QED) is 0.679. The molecule has 0 spiro atoms. The largest absolute Gasteiger partial charge is 0.349 e. The lowest BCUT2D eigenvalue weighted by Gasteiger charge is -2.20. The number of hydrogen-bond acceptors (Lipinski definition) is 2. The number of nitrogens with zero attached hydrogens (tertiary/aromatic N) is 1. The molecule has 0 aromatic carbocycles. The van der Waals surface area contributed by atoms with Gasteiger partial charge in [-0.15, -0.1) is 0 Å². The van der Waals surface area contributed by atoms with Crippen molar-refractivity contribution in [1.82, 2.24) is 10.2 Å². The molecule has 1 atom stereocenters. The minimum Gasteiger partial charge on any atom is -0.349 e. The third-order valence-corrected chi connectivity index (χ3v) is 3.60. The van der Waals surface area contributed by atoms with Crippen molar-refractivity contribution in [2.45, 2.75) is 45.6 Å². The van der Waals surface area contributed by atoms with Crippen LogP contribution in [0.1, 0.15) is 39.5 Å². The maximum absolute atomic E-state index is 11.3. The molecule has 1 saturated carbocycles. The van der Waals surface area contributed by atoms with E-state index in [1.54, 1.807) is 4.90 Å². The Morgan fingerprint density at radius 1 is 1.47 bits per heavy atom. The van der Waals surface area contributed by atoms with Gasteiger partial charge in [0.2, 0.25) is 5.91 Å². The SMILES string of the molecule is CC(NCCCC(=O)N(C)C)C1(C)CC1. The van der Waals surface area contributed by atoms with Crippen LogP contribution in [0.2, 0.25) is 0 Å². The van der Waals surface area contributed by atoms with Crippen molar-refractivity contribution < 1.29 is 4.79 Å². The van der Waals surface area contributed by atoms with Gasteiger partial charge in [-0.05, 0) is 38.1 Å². The predicted molar refractivity (Wildman–Crippen MR) is 62.7 cm³/mol. The summed E-state index contributed by atoms with van der Waals surface area (Å²) in [7, 11) is 3.62. The second kappa shape index (κ2) is 4.97. The molecule has 1 aliphatic rings. The zero-order chi connectivity index (χ0) is 11.5. The number of amides is 1. The van der Waals surface area contributed by atoms with Gasteiger partial charge >= 0.3 is 0 Å². The van der Waals surface area contributed by atoms with E-state index < -0.39 is 0 Å². The van der Waals surface area contributed by atoms with Gasteiger partial charge in [0.1, 0.15) is 0 Å². The first-order valence-corrected chi connectivity index (χ1v) is 5.89. The smallest absolute Gasteiger partial charge is 0.222 e. The zero-order valence-corrected chi connectivity index (χ0v) is 10.5. The molecular formula is C12H24N2O. The standard InChI is InChI=1S/C12H24N2O/c1-10(12(2)7-8-12)13-9-5-6-11(15)14(3)4/h10,13H,5-9H2,1-4H3. The summed E-state index contributed by atoms with van der Waals surface area (Å²) in [5.41, 5.74) is 0.533. The van der Waals surface area contributed by atoms with Crippen molar-refractivity contribution in [1.29, 1.82) is 0 Å². The first-order valence-electron chi connectivity index (χ1n) is 5.89. The molecule has 0 saturated heterocycles. The van der Waals surface area contributed by atoms with Gasteiger partial charge in [-0.2, -0.15) is 0 Å². The monoisotopic (exact) mass is 212 g/mol. The fourth-order valence-corrected chi connectivity index (χ4v) is 1.66. The van der Waals surface area contributed by atoms with E-state index in [1.807, 2.05) is 14.1 Å². The first-order chi connectivity index (χ1) is 6.96. The number of nitrogens with one attached hydrogen (secondary N) is 1. The van der Waals surface area contributed by atoms with E-state index in [1.165, 1.54) is 12.8 Å². The Labute approximate surface area is 93.2 Å².